The van der Waals surface area contributed by atoms with Crippen molar-refractivity contribution in [3.05, 3.63) is 74.2 Å². The zero-order valence-electron chi connectivity index (χ0n) is 13.5. The summed E-state index contributed by atoms with van der Waals surface area (Å²) in [5.74, 6) is 0. The lowest BCUT2D eigenvalue weighted by Gasteiger charge is -2.29. The second-order valence-electron chi connectivity index (χ2n) is 6.41. The van der Waals surface area contributed by atoms with Crippen LogP contribution in [0.5, 0.6) is 0 Å². The van der Waals surface area contributed by atoms with E-state index in [1.807, 2.05) is 6.07 Å². The summed E-state index contributed by atoms with van der Waals surface area (Å²) in [5, 5.41) is 10.9. The van der Waals surface area contributed by atoms with Crippen LogP contribution in [0.15, 0.2) is 53.0 Å². The van der Waals surface area contributed by atoms with Gasteiger partial charge in [-0.2, -0.15) is 0 Å². The minimum Gasteiger partial charge on any atom is -0.322 e. The number of piperazine rings is 1. The highest BCUT2D eigenvalue weighted by Crippen LogP contribution is 2.12. The molecule has 0 bridgehead atoms. The van der Waals surface area contributed by atoms with Gasteiger partial charge < -0.3 is 9.80 Å². The molecule has 0 saturated carbocycles. The van der Waals surface area contributed by atoms with E-state index in [4.69, 9.17) is 0 Å². The van der Waals surface area contributed by atoms with Crippen LogP contribution < -0.4 is 9.80 Å². The van der Waals surface area contributed by atoms with Crippen LogP contribution in [-0.4, -0.2) is 31.1 Å². The van der Waals surface area contributed by atoms with Crippen molar-refractivity contribution in [3.8, 4) is 0 Å². The van der Waals surface area contributed by atoms with Gasteiger partial charge in [-0.3, -0.25) is 10.1 Å². The maximum absolute atomic E-state index is 10.9. The first-order valence-electron chi connectivity index (χ1n) is 8.25. The van der Waals surface area contributed by atoms with E-state index in [-0.39, 0.29) is 10.6 Å². The number of nitrogens with one attached hydrogen (secondary N) is 2. The van der Waals surface area contributed by atoms with Gasteiger partial charge >= 0.3 is 0 Å². The summed E-state index contributed by atoms with van der Waals surface area (Å²) >= 11 is 3.47. The van der Waals surface area contributed by atoms with E-state index in [2.05, 4.69) is 40.2 Å². The van der Waals surface area contributed by atoms with Gasteiger partial charge in [0.25, 0.3) is 5.69 Å². The van der Waals surface area contributed by atoms with Gasteiger partial charge in [0, 0.05) is 27.7 Å². The molecule has 0 unspecified atom stereocenters. The van der Waals surface area contributed by atoms with E-state index in [0.29, 0.717) is 0 Å². The second kappa shape index (κ2) is 7.88. The zero-order valence-corrected chi connectivity index (χ0v) is 15.1. The van der Waals surface area contributed by atoms with Gasteiger partial charge in [-0.15, -0.1) is 0 Å². The van der Waals surface area contributed by atoms with Crippen LogP contribution in [0.3, 0.4) is 0 Å². The van der Waals surface area contributed by atoms with Crippen molar-refractivity contribution in [1.82, 2.24) is 0 Å². The smallest absolute Gasteiger partial charge is 0.269 e. The minimum absolute atomic E-state index is 0.186. The molecule has 1 saturated heterocycles. The van der Waals surface area contributed by atoms with Crippen molar-refractivity contribution in [2.75, 3.05) is 26.2 Å². The van der Waals surface area contributed by atoms with E-state index < -0.39 is 0 Å². The Hall–Kier alpha value is -1.76. The molecule has 0 atom stereocenters. The highest BCUT2D eigenvalue weighted by atomic mass is 79.9. The van der Waals surface area contributed by atoms with E-state index in [1.165, 1.54) is 10.5 Å². The summed E-state index contributed by atoms with van der Waals surface area (Å²) in [6.07, 6.45) is 0. The van der Waals surface area contributed by atoms with Crippen molar-refractivity contribution in [2.24, 2.45) is 0 Å². The first kappa shape index (κ1) is 17.1. The molecule has 0 aromatic heterocycles. The molecule has 2 aromatic rings. The Morgan fingerprint density at radius 2 is 1.50 bits per heavy atom. The first-order valence-corrected chi connectivity index (χ1v) is 9.04. The Bertz CT molecular complexity index is 698. The number of quaternary nitrogens is 2. The van der Waals surface area contributed by atoms with Gasteiger partial charge in [0.05, 0.1) is 4.92 Å². The van der Waals surface area contributed by atoms with Crippen LogP contribution in [0.4, 0.5) is 5.69 Å². The van der Waals surface area contributed by atoms with Gasteiger partial charge in [-0.05, 0) is 12.1 Å². The van der Waals surface area contributed by atoms with Gasteiger partial charge in [0.1, 0.15) is 39.3 Å². The molecule has 5 nitrogen and oxygen atoms in total. The molecule has 2 N–H and O–H groups in total. The molecular formula is C18H22BrN3O2+2. The summed E-state index contributed by atoms with van der Waals surface area (Å²) in [4.78, 5) is 13.7. The number of rotatable bonds is 5. The zero-order chi connectivity index (χ0) is 16.9. The summed E-state index contributed by atoms with van der Waals surface area (Å²) in [5.41, 5.74) is 2.61. The number of non-ortho nitro benzene ring substituents is 1. The molecule has 1 aliphatic heterocycles. The SMILES string of the molecule is O=[N+]([O-])c1cccc(C[NH+]2CC[NH+](Cc3ccc(Br)cc3)CC2)c1. The number of nitrogens with zero attached hydrogens (tertiary/aromatic N) is 1. The molecule has 0 spiro atoms. The molecule has 1 heterocycles. The molecule has 0 aliphatic carbocycles. The number of hydrogen-bond donors (Lipinski definition) is 2. The average Bonchev–Trinajstić information content (AvgIpc) is 2.59. The largest absolute Gasteiger partial charge is 0.322 e. The number of halogens is 1. The maximum Gasteiger partial charge on any atom is 0.269 e. The van der Waals surface area contributed by atoms with E-state index >= 15 is 0 Å². The predicted molar refractivity (Wildman–Crippen MR) is 96.0 cm³/mol. The third-order valence-corrected chi connectivity index (χ3v) is 5.14. The Morgan fingerprint density at radius 3 is 2.08 bits per heavy atom. The predicted octanol–water partition coefficient (Wildman–Crippen LogP) is 0.841. The summed E-state index contributed by atoms with van der Waals surface area (Å²) in [7, 11) is 0. The number of hydrogen-bond acceptors (Lipinski definition) is 2. The fourth-order valence-corrected chi connectivity index (χ4v) is 3.53. The molecular weight excluding hydrogens is 370 g/mol. The summed E-state index contributed by atoms with van der Waals surface area (Å²) < 4.78 is 1.12. The quantitative estimate of drug-likeness (QED) is 0.586. The van der Waals surface area contributed by atoms with Gasteiger partial charge in [0.15, 0.2) is 0 Å². The molecule has 0 radical (unpaired) electrons. The average molecular weight is 392 g/mol. The Balaban J connectivity index is 1.51. The van der Waals surface area contributed by atoms with Gasteiger partial charge in [-0.25, -0.2) is 0 Å². The number of nitro benzene ring substituents is 1. The summed E-state index contributed by atoms with van der Waals surface area (Å²) in [6, 6.07) is 15.6. The van der Waals surface area contributed by atoms with Gasteiger partial charge in [-0.1, -0.05) is 40.2 Å². The maximum atomic E-state index is 10.9. The highest BCUT2D eigenvalue weighted by Gasteiger charge is 2.23. The van der Waals surface area contributed by atoms with Crippen LogP contribution in [-0.2, 0) is 13.1 Å². The third-order valence-electron chi connectivity index (χ3n) is 4.61. The molecule has 0 amide bonds. The number of benzene rings is 2. The number of nitro groups is 1. The fourth-order valence-electron chi connectivity index (χ4n) is 3.27. The third kappa shape index (κ3) is 4.63. The van der Waals surface area contributed by atoms with Crippen LogP contribution in [0.2, 0.25) is 0 Å². The van der Waals surface area contributed by atoms with Gasteiger partial charge in [0.2, 0.25) is 0 Å². The molecule has 2 aromatic carbocycles. The van der Waals surface area contributed by atoms with E-state index in [0.717, 1.165) is 49.3 Å². The molecule has 3 rings (SSSR count). The topological polar surface area (TPSA) is 52.0 Å². The van der Waals surface area contributed by atoms with Crippen molar-refractivity contribution < 1.29 is 14.7 Å². The molecule has 6 heteroatoms. The highest BCUT2D eigenvalue weighted by molar-refractivity contribution is 9.10. The normalized spacial score (nSPS) is 20.7. The van der Waals surface area contributed by atoms with E-state index in [1.54, 1.807) is 23.1 Å². The molecule has 24 heavy (non-hydrogen) atoms. The first-order chi connectivity index (χ1) is 11.6. The lowest BCUT2D eigenvalue weighted by atomic mass is 10.1. The van der Waals surface area contributed by atoms with Crippen molar-refractivity contribution in [1.29, 1.82) is 0 Å². The Morgan fingerprint density at radius 1 is 0.917 bits per heavy atom. The van der Waals surface area contributed by atoms with Crippen molar-refractivity contribution >= 4 is 21.6 Å². The van der Waals surface area contributed by atoms with Crippen LogP contribution in [0.1, 0.15) is 11.1 Å². The minimum atomic E-state index is -0.320. The fraction of sp³-hybridized carbons (Fsp3) is 0.333. The summed E-state index contributed by atoms with van der Waals surface area (Å²) in [6.45, 7) is 6.42. The van der Waals surface area contributed by atoms with Crippen LogP contribution in [0.25, 0.3) is 0 Å². The van der Waals surface area contributed by atoms with Crippen LogP contribution >= 0.6 is 15.9 Å². The Labute approximate surface area is 150 Å². The standard InChI is InChI=1S/C18H20BrN3O2/c19-17-6-4-15(5-7-17)13-20-8-10-21(11-9-20)14-16-2-1-3-18(12-16)22(23)24/h1-7,12H,8-11,13-14H2/p+2. The van der Waals surface area contributed by atoms with Crippen molar-refractivity contribution in [3.63, 3.8) is 0 Å². The van der Waals surface area contributed by atoms with E-state index in [9.17, 15) is 10.1 Å². The van der Waals surface area contributed by atoms with Crippen molar-refractivity contribution in [2.45, 2.75) is 13.1 Å². The molecule has 1 fully saturated rings. The monoisotopic (exact) mass is 391 g/mol. The Kier molecular flexibility index (Phi) is 5.60. The molecule has 126 valence electrons. The van der Waals surface area contributed by atoms with Crippen LogP contribution in [0, 0.1) is 10.1 Å². The lowest BCUT2D eigenvalue weighted by molar-refractivity contribution is -1.02. The second-order valence-corrected chi connectivity index (χ2v) is 7.32. The molecule has 1 aliphatic rings. The lowest BCUT2D eigenvalue weighted by Crippen LogP contribution is -3.27.